The van der Waals surface area contributed by atoms with Crippen LogP contribution in [0.3, 0.4) is 0 Å². The molecule has 2 amide bonds. The van der Waals surface area contributed by atoms with E-state index >= 15 is 0 Å². The van der Waals surface area contributed by atoms with Gasteiger partial charge in [0.1, 0.15) is 6.54 Å². The number of fused-ring (bicyclic) bond motifs is 1. The number of amides is 2. The third-order valence-electron chi connectivity index (χ3n) is 4.11. The fourth-order valence-electron chi connectivity index (χ4n) is 2.78. The molecule has 2 N–H and O–H groups in total. The van der Waals surface area contributed by atoms with Crippen LogP contribution in [0, 0.1) is 0 Å². The number of benzene rings is 2. The highest BCUT2D eigenvalue weighted by atomic mass is 16.3. The molecule has 5 heteroatoms. The summed E-state index contributed by atoms with van der Waals surface area (Å²) < 4.78 is 0. The van der Waals surface area contributed by atoms with Crippen molar-refractivity contribution in [3.05, 3.63) is 77.4 Å². The van der Waals surface area contributed by atoms with Crippen LogP contribution in [-0.4, -0.2) is 28.4 Å². The molecule has 2 aromatic rings. The van der Waals surface area contributed by atoms with E-state index in [2.05, 4.69) is 11.9 Å². The minimum atomic E-state index is -0.273. The Morgan fingerprint density at radius 2 is 1.67 bits per heavy atom. The van der Waals surface area contributed by atoms with E-state index in [0.29, 0.717) is 17.8 Å². The fourth-order valence-corrected chi connectivity index (χ4v) is 2.78. The van der Waals surface area contributed by atoms with E-state index in [4.69, 9.17) is 0 Å². The average molecular weight is 322 g/mol. The van der Waals surface area contributed by atoms with Gasteiger partial charge in [0.2, 0.25) is 5.91 Å². The number of carbonyl (C=O) groups is 2. The summed E-state index contributed by atoms with van der Waals surface area (Å²) in [6, 6.07) is 14.5. The van der Waals surface area contributed by atoms with E-state index in [1.165, 1.54) is 4.90 Å². The van der Waals surface area contributed by atoms with Crippen LogP contribution in [0.25, 0.3) is 5.70 Å². The smallest absolute Gasteiger partial charge is 0.259 e. The molecule has 1 aliphatic rings. The zero-order valence-corrected chi connectivity index (χ0v) is 13.2. The minimum absolute atomic E-state index is 0.0758. The van der Waals surface area contributed by atoms with Gasteiger partial charge in [0.25, 0.3) is 5.91 Å². The van der Waals surface area contributed by atoms with Crippen molar-refractivity contribution in [3.63, 3.8) is 0 Å². The van der Waals surface area contributed by atoms with E-state index in [0.717, 1.165) is 16.7 Å². The molecule has 0 radical (unpaired) electrons. The molecule has 0 aromatic heterocycles. The number of aliphatic hydroxyl groups excluding tert-OH is 1. The van der Waals surface area contributed by atoms with Gasteiger partial charge in [0.05, 0.1) is 6.61 Å². The van der Waals surface area contributed by atoms with Crippen molar-refractivity contribution in [2.75, 3.05) is 6.54 Å². The van der Waals surface area contributed by atoms with Gasteiger partial charge in [-0.3, -0.25) is 14.5 Å². The maximum Gasteiger partial charge on any atom is 0.259 e. The van der Waals surface area contributed by atoms with E-state index in [9.17, 15) is 14.7 Å². The summed E-state index contributed by atoms with van der Waals surface area (Å²) in [4.78, 5) is 26.0. The first-order valence-corrected chi connectivity index (χ1v) is 7.66. The Kier molecular flexibility index (Phi) is 4.44. The molecule has 1 heterocycles. The maximum atomic E-state index is 12.4. The summed E-state index contributed by atoms with van der Waals surface area (Å²) in [7, 11) is 0. The first-order chi connectivity index (χ1) is 11.6. The molecule has 0 saturated carbocycles. The van der Waals surface area contributed by atoms with Gasteiger partial charge < -0.3 is 10.4 Å². The first-order valence-electron chi connectivity index (χ1n) is 7.66. The van der Waals surface area contributed by atoms with Gasteiger partial charge in [-0.1, -0.05) is 49.0 Å². The van der Waals surface area contributed by atoms with Crippen LogP contribution in [0.1, 0.15) is 27.0 Å². The van der Waals surface area contributed by atoms with Crippen LogP contribution >= 0.6 is 0 Å². The van der Waals surface area contributed by atoms with Crippen LogP contribution in [0.5, 0.6) is 0 Å². The summed E-state index contributed by atoms with van der Waals surface area (Å²) in [6.45, 7) is 4.06. The van der Waals surface area contributed by atoms with Gasteiger partial charge in [-0.25, -0.2) is 0 Å². The van der Waals surface area contributed by atoms with Crippen molar-refractivity contribution < 1.29 is 14.7 Å². The Balaban J connectivity index is 1.64. The number of aliphatic hydroxyl groups is 1. The molecule has 122 valence electrons. The Morgan fingerprint density at radius 1 is 1.04 bits per heavy atom. The second-order valence-electron chi connectivity index (χ2n) is 5.59. The number of rotatable bonds is 5. The lowest BCUT2D eigenvalue weighted by Crippen LogP contribution is -2.36. The lowest BCUT2D eigenvalue weighted by Gasteiger charge is -2.17. The fraction of sp³-hybridized carbons (Fsp3) is 0.158. The van der Waals surface area contributed by atoms with Crippen molar-refractivity contribution in [1.82, 2.24) is 10.2 Å². The second-order valence-corrected chi connectivity index (χ2v) is 5.59. The van der Waals surface area contributed by atoms with Crippen LogP contribution in [0.4, 0.5) is 0 Å². The third kappa shape index (κ3) is 2.94. The average Bonchev–Trinajstić information content (AvgIpc) is 2.85. The lowest BCUT2D eigenvalue weighted by atomic mass is 10.1. The summed E-state index contributed by atoms with van der Waals surface area (Å²) in [5.74, 6) is -0.480. The Hall–Kier alpha value is -2.92. The highest BCUT2D eigenvalue weighted by molar-refractivity contribution is 6.10. The van der Waals surface area contributed by atoms with Crippen molar-refractivity contribution in [2.45, 2.75) is 13.2 Å². The molecule has 24 heavy (non-hydrogen) atoms. The highest BCUT2D eigenvalue weighted by Crippen LogP contribution is 2.30. The van der Waals surface area contributed by atoms with Crippen molar-refractivity contribution in [3.8, 4) is 0 Å². The number of carbonyl (C=O) groups excluding carboxylic acids is 2. The van der Waals surface area contributed by atoms with Crippen molar-refractivity contribution in [1.29, 1.82) is 0 Å². The van der Waals surface area contributed by atoms with Crippen LogP contribution in [0.15, 0.2) is 55.1 Å². The predicted octanol–water partition coefficient (Wildman–Crippen LogP) is 1.92. The first kappa shape index (κ1) is 16.0. The van der Waals surface area contributed by atoms with E-state index < -0.39 is 0 Å². The van der Waals surface area contributed by atoms with E-state index in [1.807, 2.05) is 36.4 Å². The van der Waals surface area contributed by atoms with E-state index in [1.54, 1.807) is 12.1 Å². The van der Waals surface area contributed by atoms with Crippen LogP contribution < -0.4 is 5.32 Å². The van der Waals surface area contributed by atoms with Crippen molar-refractivity contribution in [2.24, 2.45) is 0 Å². The van der Waals surface area contributed by atoms with Crippen LogP contribution in [-0.2, 0) is 17.9 Å². The molecular weight excluding hydrogens is 304 g/mol. The molecule has 0 fully saturated rings. The van der Waals surface area contributed by atoms with Gasteiger partial charge in [0.15, 0.2) is 0 Å². The van der Waals surface area contributed by atoms with Crippen LogP contribution in [0.2, 0.25) is 0 Å². The van der Waals surface area contributed by atoms with Gasteiger partial charge in [-0.15, -0.1) is 0 Å². The monoisotopic (exact) mass is 322 g/mol. The van der Waals surface area contributed by atoms with Gasteiger partial charge in [-0.05, 0) is 17.2 Å². The zero-order valence-electron chi connectivity index (χ0n) is 13.2. The normalized spacial score (nSPS) is 13.1. The molecule has 2 aromatic carbocycles. The molecule has 1 aliphatic heterocycles. The predicted molar refractivity (Wildman–Crippen MR) is 90.7 cm³/mol. The van der Waals surface area contributed by atoms with Gasteiger partial charge in [-0.2, -0.15) is 0 Å². The van der Waals surface area contributed by atoms with Gasteiger partial charge >= 0.3 is 0 Å². The van der Waals surface area contributed by atoms with E-state index in [-0.39, 0.29) is 25.0 Å². The molecular formula is C19H18N2O3. The number of hydrogen-bond acceptors (Lipinski definition) is 3. The molecule has 3 rings (SSSR count). The molecule has 0 atom stereocenters. The Labute approximate surface area is 140 Å². The molecule has 0 spiro atoms. The summed E-state index contributed by atoms with van der Waals surface area (Å²) >= 11 is 0. The summed E-state index contributed by atoms with van der Waals surface area (Å²) in [6.07, 6.45) is 0. The minimum Gasteiger partial charge on any atom is -0.392 e. The molecule has 0 bridgehead atoms. The highest BCUT2D eigenvalue weighted by Gasteiger charge is 2.31. The van der Waals surface area contributed by atoms with Crippen molar-refractivity contribution >= 4 is 17.5 Å². The lowest BCUT2D eigenvalue weighted by molar-refractivity contribution is -0.121. The standard InChI is InChI=1S/C19H18N2O3/c1-13-16-8-4-5-9-17(16)19(24)21(13)11-18(23)20-10-14-6-2-3-7-15(14)12-22/h2-9,22H,1,10-12H2,(H,20,23). The third-order valence-corrected chi connectivity index (χ3v) is 4.11. The molecule has 0 saturated heterocycles. The Morgan fingerprint density at radius 3 is 2.33 bits per heavy atom. The number of nitrogens with zero attached hydrogens (tertiary/aromatic N) is 1. The molecule has 5 nitrogen and oxygen atoms in total. The number of nitrogens with one attached hydrogen (secondary N) is 1. The molecule has 0 aliphatic carbocycles. The zero-order chi connectivity index (χ0) is 17.1. The quantitative estimate of drug-likeness (QED) is 0.883. The largest absolute Gasteiger partial charge is 0.392 e. The summed E-state index contributed by atoms with van der Waals surface area (Å²) in [5.41, 5.74) is 3.50. The second kappa shape index (κ2) is 6.68. The summed E-state index contributed by atoms with van der Waals surface area (Å²) in [5, 5.41) is 12.1. The topological polar surface area (TPSA) is 69.6 Å². The number of hydrogen-bond donors (Lipinski definition) is 2. The SMILES string of the molecule is C=C1c2ccccc2C(=O)N1CC(=O)NCc1ccccc1CO. The Bertz CT molecular complexity index is 779. The molecule has 0 unspecified atom stereocenters. The van der Waals surface area contributed by atoms with Gasteiger partial charge in [0, 0.05) is 23.4 Å². The maximum absolute atomic E-state index is 12.4.